The van der Waals surface area contributed by atoms with Crippen molar-refractivity contribution in [3.05, 3.63) is 101 Å². The summed E-state index contributed by atoms with van der Waals surface area (Å²) in [6.07, 6.45) is 0. The quantitative estimate of drug-likeness (QED) is 0.498. The third-order valence-corrected chi connectivity index (χ3v) is 4.99. The summed E-state index contributed by atoms with van der Waals surface area (Å²) in [5.74, 6) is 0. The maximum absolute atomic E-state index is 5.12. The summed E-state index contributed by atoms with van der Waals surface area (Å²) in [7, 11) is 0. The van der Waals surface area contributed by atoms with Gasteiger partial charge in [-0.25, -0.2) is 0 Å². The summed E-state index contributed by atoms with van der Waals surface area (Å²) in [5.41, 5.74) is 2.59. The molecule has 0 bridgehead atoms. The van der Waals surface area contributed by atoms with Crippen LogP contribution in [0.5, 0.6) is 0 Å². The monoisotopic (exact) mass is 331 g/mol. The first-order chi connectivity index (χ1) is 12.2. The van der Waals surface area contributed by atoms with Gasteiger partial charge < -0.3 is 5.32 Å². The van der Waals surface area contributed by atoms with Crippen LogP contribution in [0.15, 0.2) is 84.9 Å². The molecule has 0 unspecified atom stereocenters. The smallest absolute Gasteiger partial charge is 0.650 e. The van der Waals surface area contributed by atoms with Crippen molar-refractivity contribution in [2.45, 2.75) is 25.9 Å². The maximum Gasteiger partial charge on any atom is 1.00 e. The van der Waals surface area contributed by atoms with Gasteiger partial charge in [-0.1, -0.05) is 110 Å². The van der Waals surface area contributed by atoms with E-state index in [1.54, 1.807) is 0 Å². The molecular weight excluding hydrogens is 309 g/mol. The van der Waals surface area contributed by atoms with Gasteiger partial charge in [0.05, 0.1) is 0 Å². The van der Waals surface area contributed by atoms with E-state index in [-0.39, 0.29) is 30.9 Å². The predicted octanol–water partition coefficient (Wildman–Crippen LogP) is 4.19. The van der Waals surface area contributed by atoms with Gasteiger partial charge in [-0.3, -0.25) is 0 Å². The van der Waals surface area contributed by atoms with Crippen LogP contribution >= 0.6 is 0 Å². The predicted molar refractivity (Wildman–Crippen MR) is 108 cm³/mol. The molecule has 4 aromatic carbocycles. The van der Waals surface area contributed by atoms with Crippen LogP contribution in [0.1, 0.15) is 37.1 Å². The van der Waals surface area contributed by atoms with Gasteiger partial charge in [0.2, 0.25) is 0 Å². The Morgan fingerprint density at radius 3 is 1.38 bits per heavy atom. The number of rotatable bonds is 4. The molecule has 4 rings (SSSR count). The number of benzene rings is 4. The zero-order valence-corrected chi connectivity index (χ0v) is 15.7. The average Bonchev–Trinajstić information content (AvgIpc) is 2.67. The first-order valence-corrected chi connectivity index (χ1v) is 8.89. The third kappa shape index (κ3) is 3.57. The van der Waals surface area contributed by atoms with Gasteiger partial charge in [-0.05, 0) is 21.5 Å². The van der Waals surface area contributed by atoms with Gasteiger partial charge in [-0.15, -0.1) is 12.1 Å². The minimum absolute atomic E-state index is 0. The number of hydrogen-bond donors (Lipinski definition) is 0. The summed E-state index contributed by atoms with van der Waals surface area (Å²) in [6.45, 7) is 4.40. The molecule has 2 atom stereocenters. The topological polar surface area (TPSA) is 14.1 Å². The van der Waals surface area contributed by atoms with Crippen molar-refractivity contribution < 1.29 is 18.9 Å². The molecule has 0 saturated carbocycles. The second kappa shape index (κ2) is 8.10. The van der Waals surface area contributed by atoms with Crippen molar-refractivity contribution in [3.8, 4) is 0 Å². The van der Waals surface area contributed by atoms with Gasteiger partial charge in [0, 0.05) is 0 Å². The molecule has 1 nitrogen and oxygen atoms in total. The van der Waals surface area contributed by atoms with Crippen LogP contribution in [-0.2, 0) is 0 Å². The van der Waals surface area contributed by atoms with Crippen LogP contribution in [0.4, 0.5) is 0 Å². The van der Waals surface area contributed by atoms with Gasteiger partial charge >= 0.3 is 18.9 Å². The van der Waals surface area contributed by atoms with E-state index < -0.39 is 0 Å². The zero-order valence-electron chi connectivity index (χ0n) is 15.7. The van der Waals surface area contributed by atoms with Crippen LogP contribution < -0.4 is 18.9 Å². The van der Waals surface area contributed by atoms with E-state index in [2.05, 4.69) is 98.8 Å². The van der Waals surface area contributed by atoms with E-state index >= 15 is 0 Å². The minimum Gasteiger partial charge on any atom is -0.650 e. The van der Waals surface area contributed by atoms with Crippen molar-refractivity contribution in [2.75, 3.05) is 0 Å². The molecule has 0 radical (unpaired) electrons. The summed E-state index contributed by atoms with van der Waals surface area (Å²) >= 11 is 0. The minimum atomic E-state index is 0. The second-order valence-corrected chi connectivity index (χ2v) is 6.64. The fourth-order valence-corrected chi connectivity index (χ4v) is 3.73. The maximum atomic E-state index is 5.12. The van der Waals surface area contributed by atoms with Gasteiger partial charge in [-0.2, -0.15) is 0 Å². The molecule has 0 fully saturated rings. The molecule has 0 aromatic heterocycles. The fraction of sp³-hybridized carbons (Fsp3) is 0.167. The summed E-state index contributed by atoms with van der Waals surface area (Å²) in [6, 6.07) is 30.4. The molecular formula is C24H22LiN. The van der Waals surface area contributed by atoms with E-state index in [9.17, 15) is 0 Å². The molecule has 0 N–H and O–H groups in total. The van der Waals surface area contributed by atoms with E-state index in [1.807, 2.05) is 0 Å². The molecule has 26 heavy (non-hydrogen) atoms. The van der Waals surface area contributed by atoms with Gasteiger partial charge in [0.15, 0.2) is 0 Å². The van der Waals surface area contributed by atoms with E-state index in [1.165, 1.54) is 32.7 Å². The Kier molecular flexibility index (Phi) is 5.84. The zero-order chi connectivity index (χ0) is 17.2. The Morgan fingerprint density at radius 2 is 0.923 bits per heavy atom. The standard InChI is InChI=1S/C24H22N.Li/c1-17(21-15-7-11-19-9-3-5-13-23(19)21)25-18(2)22-16-8-12-20-10-4-6-14-24(20)22;/h3-18H,1-2H3;/q-1;+1/t17-,18-;/m0./s1. The molecule has 0 aliphatic heterocycles. The molecule has 0 saturated heterocycles. The first-order valence-electron chi connectivity index (χ1n) is 8.89. The molecule has 0 aliphatic carbocycles. The summed E-state index contributed by atoms with van der Waals surface area (Å²) in [5, 5.41) is 10.3. The molecule has 124 valence electrons. The molecule has 0 amide bonds. The Bertz CT molecular complexity index is 931. The van der Waals surface area contributed by atoms with Crippen molar-refractivity contribution >= 4 is 21.5 Å². The molecule has 0 heterocycles. The van der Waals surface area contributed by atoms with Crippen LogP contribution in [-0.4, -0.2) is 0 Å². The summed E-state index contributed by atoms with van der Waals surface area (Å²) in [4.78, 5) is 0. The van der Waals surface area contributed by atoms with Crippen molar-refractivity contribution in [2.24, 2.45) is 0 Å². The van der Waals surface area contributed by atoms with E-state index in [4.69, 9.17) is 5.32 Å². The Labute approximate surface area is 167 Å². The van der Waals surface area contributed by atoms with E-state index in [0.29, 0.717) is 0 Å². The van der Waals surface area contributed by atoms with E-state index in [0.717, 1.165) is 0 Å². The van der Waals surface area contributed by atoms with Crippen molar-refractivity contribution in [1.82, 2.24) is 0 Å². The van der Waals surface area contributed by atoms with Gasteiger partial charge in [0.25, 0.3) is 0 Å². The molecule has 0 aliphatic rings. The molecule has 0 spiro atoms. The average molecular weight is 331 g/mol. The Morgan fingerprint density at radius 1 is 0.538 bits per heavy atom. The SMILES string of the molecule is C[C@H]([N-][C@@H](C)c1cccc2ccccc12)c1cccc2ccccc12.[Li+]. The summed E-state index contributed by atoms with van der Waals surface area (Å²) < 4.78 is 0. The molecule has 4 aromatic rings. The third-order valence-electron chi connectivity index (χ3n) is 4.99. The Balaban J connectivity index is 0.00000196. The molecule has 2 heteroatoms. The number of hydrogen-bond acceptors (Lipinski definition) is 0. The first kappa shape index (κ1) is 18.7. The second-order valence-electron chi connectivity index (χ2n) is 6.64. The van der Waals surface area contributed by atoms with Crippen molar-refractivity contribution in [3.63, 3.8) is 0 Å². The Hall–Kier alpha value is -2.04. The van der Waals surface area contributed by atoms with Crippen molar-refractivity contribution in [1.29, 1.82) is 0 Å². The van der Waals surface area contributed by atoms with Gasteiger partial charge in [0.1, 0.15) is 0 Å². The normalized spacial score (nSPS) is 13.3. The van der Waals surface area contributed by atoms with Crippen LogP contribution in [0.3, 0.4) is 0 Å². The fourth-order valence-electron chi connectivity index (χ4n) is 3.73. The van der Waals surface area contributed by atoms with Crippen LogP contribution in [0, 0.1) is 0 Å². The van der Waals surface area contributed by atoms with Crippen LogP contribution in [0.25, 0.3) is 26.9 Å². The number of fused-ring (bicyclic) bond motifs is 2. The van der Waals surface area contributed by atoms with Crippen LogP contribution in [0.2, 0.25) is 0 Å². The largest absolute Gasteiger partial charge is 1.00 e. The number of nitrogens with zero attached hydrogens (tertiary/aromatic N) is 1.